The van der Waals surface area contributed by atoms with Crippen molar-refractivity contribution in [2.24, 2.45) is 0 Å². The van der Waals surface area contributed by atoms with E-state index in [1.165, 1.54) is 31.4 Å². The first kappa shape index (κ1) is 16.2. The molecular formula is C14H17NO8. The lowest BCUT2D eigenvalue weighted by atomic mass is 9.98. The van der Waals surface area contributed by atoms with Gasteiger partial charge in [0.2, 0.25) is 0 Å². The molecular weight excluding hydrogens is 310 g/mol. The standard InChI is InChI=1S/C14H17NO8/c1-20-14-11(17)10(16)12-9(22-14)6-21-13(23-12)7-2-4-8(5-3-7)15(18)19/h2-5,9-14,16-17H,6H2,1H3/t9?,10-,11?,12+,13+,14+/m1/s1. The number of hydrogen-bond acceptors (Lipinski definition) is 8. The maximum atomic E-state index is 10.7. The van der Waals surface area contributed by atoms with Crippen LogP contribution in [0.1, 0.15) is 11.9 Å². The van der Waals surface area contributed by atoms with Gasteiger partial charge < -0.3 is 29.2 Å². The van der Waals surface area contributed by atoms with Crippen LogP contribution < -0.4 is 0 Å². The number of aliphatic hydroxyl groups is 2. The van der Waals surface area contributed by atoms with Crippen LogP contribution in [0.5, 0.6) is 0 Å². The fourth-order valence-corrected chi connectivity index (χ4v) is 2.69. The number of nitro groups is 1. The minimum Gasteiger partial charge on any atom is -0.387 e. The molecule has 0 spiro atoms. The Bertz CT molecular complexity index is 562. The Morgan fingerprint density at radius 1 is 1.22 bits per heavy atom. The summed E-state index contributed by atoms with van der Waals surface area (Å²) in [5, 5.41) is 30.8. The van der Waals surface area contributed by atoms with Gasteiger partial charge in [-0.2, -0.15) is 0 Å². The van der Waals surface area contributed by atoms with E-state index in [2.05, 4.69) is 0 Å². The smallest absolute Gasteiger partial charge is 0.269 e. The highest BCUT2D eigenvalue weighted by molar-refractivity contribution is 5.33. The highest BCUT2D eigenvalue weighted by Gasteiger charge is 2.49. The highest BCUT2D eigenvalue weighted by atomic mass is 16.7. The van der Waals surface area contributed by atoms with Crippen LogP contribution in [-0.4, -0.2) is 59.6 Å². The molecule has 9 heteroatoms. The van der Waals surface area contributed by atoms with Crippen molar-refractivity contribution in [1.82, 2.24) is 0 Å². The first-order valence-electron chi connectivity index (χ1n) is 7.07. The van der Waals surface area contributed by atoms with E-state index in [0.29, 0.717) is 5.56 Å². The lowest BCUT2D eigenvalue weighted by molar-refractivity contribution is -0.385. The lowest BCUT2D eigenvalue weighted by Gasteiger charge is -2.45. The second kappa shape index (κ2) is 6.48. The monoisotopic (exact) mass is 327 g/mol. The number of aliphatic hydroxyl groups excluding tert-OH is 2. The maximum Gasteiger partial charge on any atom is 0.269 e. The summed E-state index contributed by atoms with van der Waals surface area (Å²) < 4.78 is 21.7. The second-order valence-electron chi connectivity index (χ2n) is 5.37. The molecule has 2 heterocycles. The number of hydrogen-bond donors (Lipinski definition) is 2. The molecule has 23 heavy (non-hydrogen) atoms. The third kappa shape index (κ3) is 3.07. The molecule has 3 rings (SSSR count). The molecule has 2 unspecified atom stereocenters. The van der Waals surface area contributed by atoms with Crippen LogP contribution in [0.3, 0.4) is 0 Å². The minimum atomic E-state index is -1.24. The largest absolute Gasteiger partial charge is 0.387 e. The Kier molecular flexibility index (Phi) is 4.57. The molecule has 2 aliphatic rings. The fourth-order valence-electron chi connectivity index (χ4n) is 2.69. The number of methoxy groups -OCH3 is 1. The van der Waals surface area contributed by atoms with Gasteiger partial charge in [0, 0.05) is 24.8 Å². The van der Waals surface area contributed by atoms with Crippen LogP contribution >= 0.6 is 0 Å². The van der Waals surface area contributed by atoms with E-state index in [1.807, 2.05) is 0 Å². The summed E-state index contributed by atoms with van der Waals surface area (Å²) in [6.07, 6.45) is -5.55. The molecule has 1 aromatic rings. The van der Waals surface area contributed by atoms with E-state index in [9.17, 15) is 20.3 Å². The molecule has 0 radical (unpaired) electrons. The quantitative estimate of drug-likeness (QED) is 0.592. The Morgan fingerprint density at radius 2 is 1.91 bits per heavy atom. The van der Waals surface area contributed by atoms with Crippen molar-refractivity contribution in [2.75, 3.05) is 13.7 Å². The Balaban J connectivity index is 1.73. The summed E-state index contributed by atoms with van der Waals surface area (Å²) in [4.78, 5) is 10.2. The fraction of sp³-hybridized carbons (Fsp3) is 0.571. The number of fused-ring (bicyclic) bond motifs is 1. The van der Waals surface area contributed by atoms with Gasteiger partial charge in [-0.25, -0.2) is 0 Å². The molecule has 0 aromatic heterocycles. The molecule has 6 atom stereocenters. The van der Waals surface area contributed by atoms with Gasteiger partial charge >= 0.3 is 0 Å². The molecule has 0 bridgehead atoms. The number of non-ortho nitro benzene ring substituents is 1. The van der Waals surface area contributed by atoms with E-state index in [1.54, 1.807) is 0 Å². The van der Waals surface area contributed by atoms with E-state index >= 15 is 0 Å². The van der Waals surface area contributed by atoms with E-state index in [4.69, 9.17) is 18.9 Å². The number of benzene rings is 1. The summed E-state index contributed by atoms with van der Waals surface area (Å²) in [6.45, 7) is 0.135. The molecule has 0 amide bonds. The number of nitro benzene ring substituents is 1. The molecule has 2 aliphatic heterocycles. The van der Waals surface area contributed by atoms with Crippen molar-refractivity contribution in [1.29, 1.82) is 0 Å². The predicted octanol–water partition coefficient (Wildman–Crippen LogP) is 0.102. The van der Waals surface area contributed by atoms with Gasteiger partial charge in [-0.05, 0) is 12.1 Å². The molecule has 2 N–H and O–H groups in total. The molecule has 126 valence electrons. The normalized spacial score (nSPS) is 37.2. The zero-order chi connectivity index (χ0) is 16.6. The molecule has 2 fully saturated rings. The Hall–Kier alpha value is -1.62. The van der Waals surface area contributed by atoms with Gasteiger partial charge in [0.05, 0.1) is 11.5 Å². The topological polar surface area (TPSA) is 121 Å². The number of nitrogens with zero attached hydrogens (tertiary/aromatic N) is 1. The molecule has 2 saturated heterocycles. The Labute approximate surface area is 131 Å². The predicted molar refractivity (Wildman–Crippen MR) is 74.3 cm³/mol. The average molecular weight is 327 g/mol. The van der Waals surface area contributed by atoms with Gasteiger partial charge in [-0.3, -0.25) is 10.1 Å². The first-order chi connectivity index (χ1) is 11.0. The van der Waals surface area contributed by atoms with Crippen molar-refractivity contribution in [2.45, 2.75) is 37.0 Å². The molecule has 9 nitrogen and oxygen atoms in total. The summed E-state index contributed by atoms with van der Waals surface area (Å²) in [7, 11) is 1.37. The zero-order valence-corrected chi connectivity index (χ0v) is 12.3. The maximum absolute atomic E-state index is 10.7. The van der Waals surface area contributed by atoms with Crippen molar-refractivity contribution in [3.05, 3.63) is 39.9 Å². The van der Waals surface area contributed by atoms with Gasteiger partial charge in [0.1, 0.15) is 24.4 Å². The van der Waals surface area contributed by atoms with Gasteiger partial charge in [-0.1, -0.05) is 0 Å². The third-order valence-corrected chi connectivity index (χ3v) is 3.94. The van der Waals surface area contributed by atoms with Crippen LogP contribution in [0.2, 0.25) is 0 Å². The second-order valence-corrected chi connectivity index (χ2v) is 5.37. The summed E-state index contributed by atoms with van der Waals surface area (Å²) in [5.74, 6) is 0. The van der Waals surface area contributed by atoms with Crippen LogP contribution in [0.4, 0.5) is 5.69 Å². The zero-order valence-electron chi connectivity index (χ0n) is 12.3. The Morgan fingerprint density at radius 3 is 2.52 bits per heavy atom. The van der Waals surface area contributed by atoms with Crippen LogP contribution in [-0.2, 0) is 18.9 Å². The minimum absolute atomic E-state index is 0.0400. The first-order valence-corrected chi connectivity index (χ1v) is 7.07. The SMILES string of the molecule is CO[C@H]1OC2CO[C@H](c3ccc([N+](=O)[O-])cc3)O[C@@H]2[C@H](O)C1O. The summed E-state index contributed by atoms with van der Waals surface area (Å²) in [6, 6.07) is 5.73. The van der Waals surface area contributed by atoms with Gasteiger partial charge in [0.25, 0.3) is 5.69 Å². The van der Waals surface area contributed by atoms with E-state index < -0.39 is 41.9 Å². The van der Waals surface area contributed by atoms with Crippen molar-refractivity contribution < 1.29 is 34.1 Å². The molecule has 1 aromatic carbocycles. The van der Waals surface area contributed by atoms with E-state index in [0.717, 1.165) is 0 Å². The van der Waals surface area contributed by atoms with Crippen molar-refractivity contribution in [3.63, 3.8) is 0 Å². The van der Waals surface area contributed by atoms with Crippen LogP contribution in [0.15, 0.2) is 24.3 Å². The summed E-state index contributed by atoms with van der Waals surface area (Å²) >= 11 is 0. The number of ether oxygens (including phenoxy) is 4. The van der Waals surface area contributed by atoms with Gasteiger partial charge in [0.15, 0.2) is 12.6 Å². The lowest BCUT2D eigenvalue weighted by Crippen LogP contribution is -2.62. The third-order valence-electron chi connectivity index (χ3n) is 3.94. The van der Waals surface area contributed by atoms with Gasteiger partial charge in [-0.15, -0.1) is 0 Å². The van der Waals surface area contributed by atoms with E-state index in [-0.39, 0.29) is 12.3 Å². The summed E-state index contributed by atoms with van der Waals surface area (Å²) in [5.41, 5.74) is 0.534. The van der Waals surface area contributed by atoms with Crippen molar-refractivity contribution >= 4 is 5.69 Å². The van der Waals surface area contributed by atoms with Crippen LogP contribution in [0.25, 0.3) is 0 Å². The molecule has 0 aliphatic carbocycles. The highest BCUT2D eigenvalue weighted by Crippen LogP contribution is 2.34. The van der Waals surface area contributed by atoms with Crippen molar-refractivity contribution in [3.8, 4) is 0 Å². The average Bonchev–Trinajstić information content (AvgIpc) is 2.58. The number of rotatable bonds is 3. The molecule has 0 saturated carbocycles. The van der Waals surface area contributed by atoms with Crippen LogP contribution in [0, 0.1) is 10.1 Å².